The number of halogens is 2. The number of ether oxygens (including phenoxy) is 1. The van der Waals surface area contributed by atoms with Gasteiger partial charge >= 0.3 is 5.69 Å². The first-order valence-corrected chi connectivity index (χ1v) is 12.9. The standard InChI is InChI=1S/C26H35F2N9O3/c1-25(2)12-15(9-16-7-6-8-36(16)25)30-22-18(28)13-29-23(32-22)31-19-11-20(37-24(38)35(5)33-34-37)21(10-17(19)27)40-14-26(3,4)39/h10-11,13,15-16,39H,6-9,12,14H2,1-5H3,(H2,29,30,31,32)/t15-,16+/m1/s1/i5D3,8D2. The lowest BCUT2D eigenvalue weighted by Crippen LogP contribution is -2.55. The monoisotopic (exact) mass is 564 g/mol. The molecule has 2 aliphatic heterocycles. The van der Waals surface area contributed by atoms with Gasteiger partial charge in [-0.05, 0) is 76.4 Å². The van der Waals surface area contributed by atoms with Crippen molar-refractivity contribution in [2.75, 3.05) is 23.7 Å². The van der Waals surface area contributed by atoms with Gasteiger partial charge in [0.15, 0.2) is 17.5 Å². The second kappa shape index (κ2) is 10.4. The minimum atomic E-state index is -2.94. The average Bonchev–Trinajstić information content (AvgIpc) is 3.44. The number of nitrogens with one attached hydrogen (secondary N) is 2. The largest absolute Gasteiger partial charge is 0.488 e. The third-order valence-corrected chi connectivity index (χ3v) is 6.85. The second-order valence-corrected chi connectivity index (χ2v) is 11.3. The first-order chi connectivity index (χ1) is 20.7. The highest BCUT2D eigenvalue weighted by atomic mass is 19.1. The first kappa shape index (κ1) is 22.1. The molecule has 2 fully saturated rings. The molecule has 0 spiro atoms. The van der Waals surface area contributed by atoms with Crippen LogP contribution in [-0.4, -0.2) is 76.1 Å². The summed E-state index contributed by atoms with van der Waals surface area (Å²) in [5, 5.41) is 22.9. The number of hydrogen-bond donors (Lipinski definition) is 3. The van der Waals surface area contributed by atoms with Crippen molar-refractivity contribution in [1.29, 1.82) is 0 Å². The molecule has 0 bridgehead atoms. The van der Waals surface area contributed by atoms with Crippen molar-refractivity contribution in [1.82, 2.24) is 34.7 Å². The quantitative estimate of drug-likeness (QED) is 0.375. The molecule has 0 unspecified atom stereocenters. The number of aryl methyl sites for hydroxylation is 1. The van der Waals surface area contributed by atoms with E-state index in [-0.39, 0.29) is 52.3 Å². The first-order valence-electron chi connectivity index (χ1n) is 15.4. The van der Waals surface area contributed by atoms with Gasteiger partial charge in [-0.1, -0.05) is 0 Å². The second-order valence-electron chi connectivity index (χ2n) is 11.3. The van der Waals surface area contributed by atoms with Crippen molar-refractivity contribution in [2.24, 2.45) is 6.98 Å². The summed E-state index contributed by atoms with van der Waals surface area (Å²) < 4.78 is 75.9. The zero-order valence-corrected chi connectivity index (χ0v) is 22.6. The Morgan fingerprint density at radius 1 is 1.30 bits per heavy atom. The number of aromatic nitrogens is 6. The molecule has 5 rings (SSSR count). The Morgan fingerprint density at radius 3 is 2.83 bits per heavy atom. The Bertz CT molecular complexity index is 1640. The summed E-state index contributed by atoms with van der Waals surface area (Å²) in [6, 6.07) is 1.75. The fourth-order valence-corrected chi connectivity index (χ4v) is 5.18. The van der Waals surface area contributed by atoms with E-state index in [9.17, 15) is 14.3 Å². The highest BCUT2D eigenvalue weighted by Gasteiger charge is 2.43. The average molecular weight is 565 g/mol. The van der Waals surface area contributed by atoms with Crippen molar-refractivity contribution < 1.29 is 25.5 Å². The van der Waals surface area contributed by atoms with Gasteiger partial charge < -0.3 is 20.5 Å². The number of benzene rings is 1. The van der Waals surface area contributed by atoms with E-state index in [1.54, 1.807) is 0 Å². The lowest BCUT2D eigenvalue weighted by molar-refractivity contribution is 0.0283. The van der Waals surface area contributed by atoms with Crippen molar-refractivity contribution in [2.45, 2.75) is 76.6 Å². The van der Waals surface area contributed by atoms with Gasteiger partial charge in [0, 0.05) is 37.5 Å². The topological polar surface area (TPSA) is 135 Å². The molecule has 3 aromatic rings. The molecule has 0 radical (unpaired) electrons. The number of anilines is 3. The van der Waals surface area contributed by atoms with E-state index in [1.807, 2.05) is 18.7 Å². The molecule has 40 heavy (non-hydrogen) atoms. The zero-order chi connectivity index (χ0) is 33.1. The molecule has 2 saturated heterocycles. The Kier molecular flexibility index (Phi) is 5.74. The summed E-state index contributed by atoms with van der Waals surface area (Å²) >= 11 is 0. The van der Waals surface area contributed by atoms with E-state index >= 15 is 4.39 Å². The number of tetrazole rings is 1. The van der Waals surface area contributed by atoms with Gasteiger partial charge in [-0.25, -0.2) is 18.6 Å². The van der Waals surface area contributed by atoms with E-state index in [0.29, 0.717) is 30.4 Å². The molecule has 12 nitrogen and oxygen atoms in total. The van der Waals surface area contributed by atoms with Crippen LogP contribution in [0.2, 0.25) is 0 Å². The highest BCUT2D eigenvalue weighted by molar-refractivity contribution is 5.63. The molecule has 2 atom stereocenters. The molecular weight excluding hydrogens is 524 g/mol. The molecule has 0 amide bonds. The summed E-state index contributed by atoms with van der Waals surface area (Å²) in [5.74, 6) is -2.21. The summed E-state index contributed by atoms with van der Waals surface area (Å²) in [4.78, 5) is 22.9. The van der Waals surface area contributed by atoms with Crippen molar-refractivity contribution in [3.05, 3.63) is 40.4 Å². The minimum absolute atomic E-state index is 0.0277. The molecule has 3 N–H and O–H groups in total. The van der Waals surface area contributed by atoms with Crippen molar-refractivity contribution in [3.8, 4) is 11.4 Å². The Hall–Kier alpha value is -3.65. The van der Waals surface area contributed by atoms with Crippen LogP contribution in [0.15, 0.2) is 23.1 Å². The van der Waals surface area contributed by atoms with Gasteiger partial charge in [-0.15, -0.1) is 0 Å². The number of nitrogens with zero attached hydrogens (tertiary/aromatic N) is 7. The third kappa shape index (κ3) is 5.77. The van der Waals surface area contributed by atoms with Crippen LogP contribution in [0.4, 0.5) is 26.2 Å². The zero-order valence-electron chi connectivity index (χ0n) is 27.6. The lowest BCUT2D eigenvalue weighted by Gasteiger charge is -2.47. The van der Waals surface area contributed by atoms with Crippen molar-refractivity contribution >= 4 is 17.5 Å². The van der Waals surface area contributed by atoms with Crippen LogP contribution < -0.4 is 21.1 Å². The normalized spacial score (nSPS) is 24.2. The van der Waals surface area contributed by atoms with Gasteiger partial charge in [0.25, 0.3) is 0 Å². The molecule has 1 aromatic carbocycles. The van der Waals surface area contributed by atoms with E-state index in [2.05, 4.69) is 31.0 Å². The summed E-state index contributed by atoms with van der Waals surface area (Å²) in [6.45, 7) is 2.14. The smallest absolute Gasteiger partial charge is 0.368 e. The maximum Gasteiger partial charge on any atom is 0.368 e. The van der Waals surface area contributed by atoms with Gasteiger partial charge in [0.05, 0.1) is 17.5 Å². The van der Waals surface area contributed by atoms with Gasteiger partial charge in [0.2, 0.25) is 5.95 Å². The highest BCUT2D eigenvalue weighted by Crippen LogP contribution is 2.38. The Labute approximate surface area is 237 Å². The van der Waals surface area contributed by atoms with Crippen LogP contribution in [-0.2, 0) is 6.98 Å². The molecule has 216 valence electrons. The minimum Gasteiger partial charge on any atom is -0.488 e. The molecule has 14 heteroatoms. The van der Waals surface area contributed by atoms with Crippen LogP contribution >= 0.6 is 0 Å². The number of aliphatic hydroxyl groups is 1. The molecule has 2 aliphatic rings. The van der Waals surface area contributed by atoms with E-state index in [4.69, 9.17) is 11.6 Å². The predicted molar refractivity (Wildman–Crippen MR) is 144 cm³/mol. The summed E-state index contributed by atoms with van der Waals surface area (Å²) in [5.41, 5.74) is -3.48. The van der Waals surface area contributed by atoms with E-state index in [0.717, 1.165) is 18.3 Å². The SMILES string of the molecule is [2H]C1([2H])CC[C@H]2C[C@@H](Nc3nc(Nc4cc(-n5nnn(C([2H])([2H])[2H])c5=O)c(OCC(C)(C)O)cc4F)ncc3F)CC(C)(C)N21. The predicted octanol–water partition coefficient (Wildman–Crippen LogP) is 2.74. The maximum atomic E-state index is 15.4. The van der Waals surface area contributed by atoms with Crippen LogP contribution in [0.5, 0.6) is 5.75 Å². The summed E-state index contributed by atoms with van der Waals surface area (Å²) in [7, 11) is 0. The third-order valence-electron chi connectivity index (χ3n) is 6.85. The number of fused-ring (bicyclic) bond motifs is 1. The van der Waals surface area contributed by atoms with E-state index in [1.165, 1.54) is 13.8 Å². The maximum absolute atomic E-state index is 15.4. The number of piperidine rings is 1. The van der Waals surface area contributed by atoms with Gasteiger partial charge in [0.1, 0.15) is 18.0 Å². The van der Waals surface area contributed by atoms with E-state index < -0.39 is 41.9 Å². The Balaban J connectivity index is 1.44. The van der Waals surface area contributed by atoms with Crippen LogP contribution in [0.1, 0.15) is 60.2 Å². The fourth-order valence-electron chi connectivity index (χ4n) is 5.18. The van der Waals surface area contributed by atoms with Gasteiger partial charge in [-0.2, -0.15) is 14.3 Å². The molecule has 2 aromatic heterocycles. The lowest BCUT2D eigenvalue weighted by atomic mass is 9.84. The fraction of sp³-hybridized carbons (Fsp3) is 0.577. The van der Waals surface area contributed by atoms with Crippen molar-refractivity contribution in [3.63, 3.8) is 0 Å². The molecular formula is C26H35F2N9O3. The van der Waals surface area contributed by atoms with Gasteiger partial charge in [-0.3, -0.25) is 4.90 Å². The molecule has 4 heterocycles. The van der Waals surface area contributed by atoms with Crippen LogP contribution in [0.25, 0.3) is 5.69 Å². The Morgan fingerprint density at radius 2 is 2.10 bits per heavy atom. The molecule has 0 saturated carbocycles. The molecule has 0 aliphatic carbocycles. The van der Waals surface area contributed by atoms with Crippen LogP contribution in [0.3, 0.4) is 0 Å². The number of hydrogen-bond acceptors (Lipinski definition) is 10. The summed E-state index contributed by atoms with van der Waals surface area (Å²) in [6.07, 6.45) is 3.10. The number of rotatable bonds is 8. The van der Waals surface area contributed by atoms with Crippen LogP contribution in [0, 0.1) is 11.6 Å².